The molecule has 2 fully saturated rings. The molecule has 410 valence electrons. The SMILES string of the molecule is CCN1CCCC1CNC(=O)c1cccc(C(C)(C)c2nc3ccccc3nc2NC2=C(Cl)C(C)CC(OC)=C2)c1.COc1ccc(Cl)c(Nc2nc3ccccc3nc2NS(=O)c2cccc(C(=O)N3CC(N)C(=O)N3)c2)c1. The smallest absolute Gasteiger partial charge is 0.272 e. The number of hydrazine groups is 1. The summed E-state index contributed by atoms with van der Waals surface area (Å²) in [6.07, 6.45) is 4.99. The summed E-state index contributed by atoms with van der Waals surface area (Å²) >= 11 is 13.2. The highest BCUT2D eigenvalue weighted by Gasteiger charge is 2.33. The van der Waals surface area contributed by atoms with Crippen LogP contribution in [-0.2, 0) is 25.9 Å². The Morgan fingerprint density at radius 2 is 1.49 bits per heavy atom. The van der Waals surface area contributed by atoms with Crippen LogP contribution in [0.25, 0.3) is 22.1 Å². The van der Waals surface area contributed by atoms with Crippen molar-refractivity contribution in [2.45, 2.75) is 69.4 Å². The van der Waals surface area contributed by atoms with Crippen LogP contribution < -0.4 is 36.6 Å². The van der Waals surface area contributed by atoms with Gasteiger partial charge in [0.25, 0.3) is 17.7 Å². The molecule has 7 aromatic rings. The zero-order valence-corrected chi connectivity index (χ0v) is 46.9. The number of nitrogens with one attached hydrogen (secondary N) is 5. The average molecular weight is 1130 g/mol. The second-order valence-electron chi connectivity index (χ2n) is 19.8. The third-order valence-corrected chi connectivity index (χ3v) is 16.1. The fourth-order valence-corrected chi connectivity index (χ4v) is 10.8. The Bertz CT molecular complexity index is 3540. The minimum atomic E-state index is -1.83. The first-order valence-corrected chi connectivity index (χ1v) is 27.8. The summed E-state index contributed by atoms with van der Waals surface area (Å²) in [4.78, 5) is 59.9. The summed E-state index contributed by atoms with van der Waals surface area (Å²) in [7, 11) is 1.39. The lowest BCUT2D eigenvalue weighted by Crippen LogP contribution is -2.40. The molecule has 10 rings (SSSR count). The van der Waals surface area contributed by atoms with E-state index >= 15 is 0 Å². The average Bonchev–Trinajstić information content (AvgIpc) is 4.10. The number of ether oxygens (including phenoxy) is 2. The van der Waals surface area contributed by atoms with Gasteiger partial charge in [-0.05, 0) is 98.2 Å². The zero-order chi connectivity index (χ0) is 56.0. The van der Waals surface area contributed by atoms with Crippen LogP contribution in [-0.4, -0.2) is 104 Å². The molecular formula is C58H62Cl2N12O6S. The van der Waals surface area contributed by atoms with Gasteiger partial charge in [0.15, 0.2) is 28.4 Å². The number of hydrogen-bond donors (Lipinski definition) is 6. The van der Waals surface area contributed by atoms with Gasteiger partial charge >= 0.3 is 0 Å². The third-order valence-electron chi connectivity index (χ3n) is 14.1. The standard InChI is InChI=1S/C33H40ClN5O2.C25H22ClN7O4S/c1-6-39-16-10-13-24(39)20-35-32(40)22-11-9-12-23(18-22)33(3,4)30-31(37-27-15-8-7-14-26(27)36-30)38-28-19-25(41-5)17-21(2)29(28)34;1-37-15-9-10-17(26)21(12-15)30-22-23(29-20-8-3-2-7-19(20)28-22)32-38(36)16-6-4-5-14(11-16)25(35)33-13-18(27)24(34)31-33/h7-9,11-12,14-15,18-19,21,24H,6,10,13,16-17,20H2,1-5H3,(H,35,40)(H,37,38);2-12,18H,13,27H2,1H3,(H,28,30)(H,29,32)(H,31,34). The number of halogens is 2. The highest BCUT2D eigenvalue weighted by Crippen LogP contribution is 2.39. The minimum Gasteiger partial charge on any atom is -0.501 e. The van der Waals surface area contributed by atoms with Crippen LogP contribution in [0.2, 0.25) is 5.02 Å². The highest BCUT2D eigenvalue weighted by molar-refractivity contribution is 7.86. The van der Waals surface area contributed by atoms with E-state index in [0.29, 0.717) is 56.4 Å². The number of carbonyl (C=O) groups is 3. The molecule has 1 aliphatic carbocycles. The number of aromatic nitrogens is 4. The summed E-state index contributed by atoms with van der Waals surface area (Å²) in [5.41, 5.74) is 14.2. The van der Waals surface area contributed by atoms with Crippen molar-refractivity contribution in [3.05, 3.63) is 165 Å². The van der Waals surface area contributed by atoms with Crippen molar-refractivity contribution in [2.75, 3.05) is 55.8 Å². The van der Waals surface area contributed by atoms with Crippen molar-refractivity contribution < 1.29 is 28.1 Å². The fraction of sp³-hybridized carbons (Fsp3) is 0.293. The van der Waals surface area contributed by atoms with Crippen LogP contribution in [0.4, 0.5) is 23.1 Å². The Labute approximate surface area is 471 Å². The summed E-state index contributed by atoms with van der Waals surface area (Å²) in [6.45, 7) is 11.3. The summed E-state index contributed by atoms with van der Waals surface area (Å²) in [5, 5.41) is 12.1. The van der Waals surface area contributed by atoms with Crippen molar-refractivity contribution in [3.8, 4) is 5.75 Å². The van der Waals surface area contributed by atoms with Crippen molar-refractivity contribution in [2.24, 2.45) is 11.7 Å². The molecule has 0 spiro atoms. The number of hydrogen-bond acceptors (Lipinski definition) is 14. The molecule has 5 aromatic carbocycles. The number of nitrogens with two attached hydrogens (primary N) is 1. The Hall–Kier alpha value is -7.68. The highest BCUT2D eigenvalue weighted by atomic mass is 35.5. The number of benzene rings is 5. The second-order valence-corrected chi connectivity index (χ2v) is 21.9. The number of likely N-dealkylation sites (N-methyl/N-ethyl adjacent to an activating group) is 1. The zero-order valence-electron chi connectivity index (χ0n) is 44.6. The van der Waals surface area contributed by atoms with E-state index in [0.717, 1.165) is 69.7 Å². The molecule has 3 amide bonds. The Kier molecular flexibility index (Phi) is 17.4. The molecule has 18 nitrogen and oxygen atoms in total. The molecule has 79 heavy (non-hydrogen) atoms. The number of nitrogens with zero attached hydrogens (tertiary/aromatic N) is 6. The van der Waals surface area contributed by atoms with Gasteiger partial charge in [-0.15, -0.1) is 0 Å². The van der Waals surface area contributed by atoms with Gasteiger partial charge < -0.3 is 31.2 Å². The molecule has 0 radical (unpaired) electrons. The second kappa shape index (κ2) is 24.6. The van der Waals surface area contributed by atoms with Gasteiger partial charge in [-0.2, -0.15) is 0 Å². The van der Waals surface area contributed by atoms with Crippen molar-refractivity contribution in [3.63, 3.8) is 0 Å². The first-order chi connectivity index (χ1) is 38.0. The van der Waals surface area contributed by atoms with Crippen molar-refractivity contribution in [1.29, 1.82) is 0 Å². The topological polar surface area (TPSA) is 231 Å². The Morgan fingerprint density at radius 3 is 2.16 bits per heavy atom. The maximum absolute atomic E-state index is 13.4. The summed E-state index contributed by atoms with van der Waals surface area (Å²) in [6, 6.07) is 33.9. The lowest BCUT2D eigenvalue weighted by atomic mass is 9.80. The molecule has 0 saturated carbocycles. The number of amides is 3. The number of allylic oxidation sites excluding steroid dienone is 3. The maximum Gasteiger partial charge on any atom is 0.272 e. The number of anilines is 4. The number of methoxy groups -OCH3 is 2. The molecular weight excluding hydrogens is 1060 g/mol. The van der Waals surface area contributed by atoms with Gasteiger partial charge in [0, 0.05) is 58.6 Å². The first-order valence-electron chi connectivity index (χ1n) is 25.9. The molecule has 0 bridgehead atoms. The number of likely N-dealkylation sites (tertiary alicyclic amines) is 1. The maximum atomic E-state index is 13.4. The normalized spacial score (nSPS) is 17.8. The van der Waals surface area contributed by atoms with E-state index in [-0.39, 0.29) is 35.6 Å². The lowest BCUT2D eigenvalue weighted by Gasteiger charge is -2.29. The number of rotatable bonds is 16. The van der Waals surface area contributed by atoms with Crippen LogP contribution >= 0.6 is 23.2 Å². The monoisotopic (exact) mass is 1120 g/mol. The van der Waals surface area contributed by atoms with Gasteiger partial charge in [-0.1, -0.05) is 93.4 Å². The van der Waals surface area contributed by atoms with Gasteiger partial charge in [0.1, 0.15) is 11.8 Å². The molecule has 2 aliphatic heterocycles. The van der Waals surface area contributed by atoms with Crippen LogP contribution in [0.1, 0.15) is 78.9 Å². The fourth-order valence-electron chi connectivity index (χ4n) is 9.61. The summed E-state index contributed by atoms with van der Waals surface area (Å²) in [5.74, 6) is 1.71. The molecule has 3 aliphatic rings. The van der Waals surface area contributed by atoms with Crippen molar-refractivity contribution in [1.82, 2.24) is 40.6 Å². The van der Waals surface area contributed by atoms with Gasteiger partial charge in [0.2, 0.25) is 0 Å². The Balaban J connectivity index is 0.000000192. The van der Waals surface area contributed by atoms with E-state index in [1.54, 1.807) is 62.8 Å². The number of fused-ring (bicyclic) bond motifs is 2. The molecule has 4 heterocycles. The lowest BCUT2D eigenvalue weighted by molar-refractivity contribution is -0.121. The van der Waals surface area contributed by atoms with Crippen LogP contribution in [0.3, 0.4) is 0 Å². The van der Waals surface area contributed by atoms with Crippen molar-refractivity contribution >= 4 is 97.1 Å². The quantitative estimate of drug-likeness (QED) is 0.0529. The summed E-state index contributed by atoms with van der Waals surface area (Å²) < 4.78 is 27.1. The molecule has 4 unspecified atom stereocenters. The predicted molar refractivity (Wildman–Crippen MR) is 311 cm³/mol. The Morgan fingerprint density at radius 1 is 0.823 bits per heavy atom. The molecule has 4 atom stereocenters. The first kappa shape index (κ1) is 56.1. The van der Waals surface area contributed by atoms with E-state index in [1.807, 2.05) is 66.7 Å². The number of para-hydroxylation sites is 4. The molecule has 21 heteroatoms. The van der Waals surface area contributed by atoms with Crippen LogP contribution in [0.5, 0.6) is 5.75 Å². The molecule has 7 N–H and O–H groups in total. The van der Waals surface area contributed by atoms with Gasteiger partial charge in [-0.25, -0.2) is 29.2 Å². The van der Waals surface area contributed by atoms with Gasteiger partial charge in [-0.3, -0.25) is 29.4 Å². The number of carbonyl (C=O) groups excluding carboxylic acids is 3. The molecule has 2 saturated heterocycles. The molecule has 2 aromatic heterocycles. The largest absolute Gasteiger partial charge is 0.501 e. The van der Waals surface area contributed by atoms with Gasteiger partial charge in [0.05, 0.1) is 75.6 Å². The van der Waals surface area contributed by atoms with E-state index < -0.39 is 34.3 Å². The van der Waals surface area contributed by atoms with E-state index in [1.165, 1.54) is 12.5 Å². The van der Waals surface area contributed by atoms with Crippen LogP contribution in [0, 0.1) is 5.92 Å². The van der Waals surface area contributed by atoms with E-state index in [2.05, 4.69) is 68.7 Å². The minimum absolute atomic E-state index is 0.0395. The third kappa shape index (κ3) is 12.8. The predicted octanol–water partition coefficient (Wildman–Crippen LogP) is 9.59. The van der Waals surface area contributed by atoms with E-state index in [4.69, 9.17) is 48.4 Å². The van der Waals surface area contributed by atoms with Crippen LogP contribution in [0.15, 0.2) is 143 Å². The van der Waals surface area contributed by atoms with E-state index in [9.17, 15) is 18.6 Å².